The molecule has 0 spiro atoms. The van der Waals surface area contributed by atoms with Gasteiger partial charge in [0, 0.05) is 23.1 Å². The molecule has 3 rings (SSSR count). The molecule has 17 heavy (non-hydrogen) atoms. The molecule has 0 amide bonds. The molecule has 84 valence electrons. The first kappa shape index (κ1) is 9.90. The van der Waals surface area contributed by atoms with Crippen LogP contribution in [0.4, 0.5) is 5.69 Å². The molecule has 0 saturated carbocycles. The number of rotatable bonds is 1. The van der Waals surface area contributed by atoms with Crippen LogP contribution in [0.2, 0.25) is 0 Å². The highest BCUT2D eigenvalue weighted by molar-refractivity contribution is 6.20. The van der Waals surface area contributed by atoms with Crippen molar-refractivity contribution in [2.24, 2.45) is 0 Å². The van der Waals surface area contributed by atoms with Gasteiger partial charge in [0.1, 0.15) is 0 Å². The fraction of sp³-hybridized carbons (Fsp3) is 0.0714. The summed E-state index contributed by atoms with van der Waals surface area (Å²) < 4.78 is 0. The number of anilines is 1. The largest absolute Gasteiger partial charge is 0.361 e. The van der Waals surface area contributed by atoms with Crippen LogP contribution in [0.1, 0.15) is 21.6 Å². The second kappa shape index (κ2) is 3.63. The number of aromatic nitrogens is 1. The number of ketones is 1. The Bertz CT molecular complexity index is 623. The van der Waals surface area contributed by atoms with Gasteiger partial charge >= 0.3 is 0 Å². The van der Waals surface area contributed by atoms with Gasteiger partial charge in [-0.25, -0.2) is 0 Å². The number of hydrogen-bond donors (Lipinski definition) is 2. The Morgan fingerprint density at radius 2 is 2.00 bits per heavy atom. The Labute approximate surface area is 99.2 Å². The molecule has 3 heteroatoms. The lowest BCUT2D eigenvalue weighted by Gasteiger charge is -1.98. The molecule has 1 aliphatic heterocycles. The highest BCUT2D eigenvalue weighted by atomic mass is 16.1. The summed E-state index contributed by atoms with van der Waals surface area (Å²) in [5, 5.41) is 3.14. The first-order valence-corrected chi connectivity index (χ1v) is 5.52. The van der Waals surface area contributed by atoms with Crippen molar-refractivity contribution >= 4 is 17.5 Å². The standard InChI is InChI=1S/C14H12N2O/c1-9-6-7-15-12(9)8-13-14(17)10-4-2-3-5-11(10)16-13/h2-8,15-16H,1H3/b13-8+. The predicted molar refractivity (Wildman–Crippen MR) is 67.9 cm³/mol. The van der Waals surface area contributed by atoms with E-state index in [2.05, 4.69) is 10.3 Å². The van der Waals surface area contributed by atoms with Gasteiger partial charge in [-0.1, -0.05) is 12.1 Å². The van der Waals surface area contributed by atoms with E-state index in [1.54, 1.807) is 0 Å². The van der Waals surface area contributed by atoms with E-state index in [4.69, 9.17) is 0 Å². The maximum Gasteiger partial charge on any atom is 0.211 e. The number of carbonyl (C=O) groups is 1. The van der Waals surface area contributed by atoms with E-state index in [9.17, 15) is 4.79 Å². The molecule has 0 radical (unpaired) electrons. The molecule has 3 nitrogen and oxygen atoms in total. The van der Waals surface area contributed by atoms with Crippen LogP contribution in [0.25, 0.3) is 6.08 Å². The maximum absolute atomic E-state index is 12.1. The van der Waals surface area contributed by atoms with E-state index in [1.165, 1.54) is 0 Å². The summed E-state index contributed by atoms with van der Waals surface area (Å²) in [7, 11) is 0. The summed E-state index contributed by atoms with van der Waals surface area (Å²) in [6.45, 7) is 2.01. The molecule has 0 unspecified atom stereocenters. The molecule has 1 aromatic carbocycles. The summed E-state index contributed by atoms with van der Waals surface area (Å²) in [6, 6.07) is 9.53. The minimum Gasteiger partial charge on any atom is -0.361 e. The van der Waals surface area contributed by atoms with Crippen LogP contribution < -0.4 is 5.32 Å². The quantitative estimate of drug-likeness (QED) is 0.731. The van der Waals surface area contributed by atoms with Gasteiger partial charge in [-0.05, 0) is 36.8 Å². The highest BCUT2D eigenvalue weighted by Gasteiger charge is 2.23. The number of nitrogens with one attached hydrogen (secondary N) is 2. The molecule has 2 aromatic rings. The van der Waals surface area contributed by atoms with Crippen LogP contribution >= 0.6 is 0 Å². The van der Waals surface area contributed by atoms with Crippen molar-refractivity contribution in [3.05, 3.63) is 59.0 Å². The fourth-order valence-electron chi connectivity index (χ4n) is 2.00. The molecule has 1 aromatic heterocycles. The predicted octanol–water partition coefficient (Wildman–Crippen LogP) is 2.97. The van der Waals surface area contributed by atoms with Crippen molar-refractivity contribution in [2.75, 3.05) is 5.32 Å². The first-order valence-electron chi connectivity index (χ1n) is 5.52. The van der Waals surface area contributed by atoms with Gasteiger partial charge in [-0.3, -0.25) is 4.79 Å². The van der Waals surface area contributed by atoms with Gasteiger partial charge in [0.2, 0.25) is 5.78 Å². The number of carbonyl (C=O) groups excluding carboxylic acids is 1. The smallest absolute Gasteiger partial charge is 0.211 e. The van der Waals surface area contributed by atoms with E-state index >= 15 is 0 Å². The molecule has 0 bridgehead atoms. The molecule has 0 saturated heterocycles. The van der Waals surface area contributed by atoms with Crippen LogP contribution in [0.5, 0.6) is 0 Å². The van der Waals surface area contributed by atoms with Crippen LogP contribution in [0, 0.1) is 6.92 Å². The number of para-hydroxylation sites is 1. The Kier molecular flexibility index (Phi) is 2.11. The number of H-pyrrole nitrogens is 1. The zero-order chi connectivity index (χ0) is 11.8. The van der Waals surface area contributed by atoms with Gasteiger partial charge < -0.3 is 10.3 Å². The van der Waals surface area contributed by atoms with Gasteiger partial charge in [0.05, 0.1) is 5.70 Å². The van der Waals surface area contributed by atoms with Crippen molar-refractivity contribution in [2.45, 2.75) is 6.92 Å². The summed E-state index contributed by atoms with van der Waals surface area (Å²) in [6.07, 6.45) is 3.73. The minimum absolute atomic E-state index is 0.0506. The van der Waals surface area contributed by atoms with Crippen molar-refractivity contribution in [1.29, 1.82) is 0 Å². The molecule has 0 atom stereocenters. The lowest BCUT2D eigenvalue weighted by Crippen LogP contribution is -2.00. The SMILES string of the molecule is Cc1cc[nH]c1/C=C1/Nc2ccccc2C1=O. The number of benzene rings is 1. The highest BCUT2D eigenvalue weighted by Crippen LogP contribution is 2.28. The zero-order valence-electron chi connectivity index (χ0n) is 9.45. The van der Waals surface area contributed by atoms with Crippen molar-refractivity contribution in [3.63, 3.8) is 0 Å². The van der Waals surface area contributed by atoms with Crippen molar-refractivity contribution in [3.8, 4) is 0 Å². The number of aryl methyl sites for hydroxylation is 1. The number of Topliss-reactive ketones (excluding diaryl/α,β-unsaturated/α-hetero) is 1. The van der Waals surface area contributed by atoms with Gasteiger partial charge in [0.25, 0.3) is 0 Å². The topological polar surface area (TPSA) is 44.9 Å². The summed E-state index contributed by atoms with van der Waals surface area (Å²) in [5.41, 5.74) is 4.34. The normalized spacial score (nSPS) is 16.1. The second-order valence-corrected chi connectivity index (χ2v) is 4.13. The minimum atomic E-state index is 0.0506. The Balaban J connectivity index is 2.02. The first-order chi connectivity index (χ1) is 8.25. The number of aromatic amines is 1. The average Bonchev–Trinajstić information content (AvgIpc) is 2.87. The van der Waals surface area contributed by atoms with Crippen LogP contribution in [0.3, 0.4) is 0 Å². The molecule has 0 aliphatic carbocycles. The van der Waals surface area contributed by atoms with E-state index in [-0.39, 0.29) is 5.78 Å². The summed E-state index contributed by atoms with van der Waals surface area (Å²) >= 11 is 0. The molecular weight excluding hydrogens is 212 g/mol. The number of fused-ring (bicyclic) bond motifs is 1. The second-order valence-electron chi connectivity index (χ2n) is 4.13. The summed E-state index contributed by atoms with van der Waals surface area (Å²) in [5.74, 6) is 0.0506. The van der Waals surface area contributed by atoms with Gasteiger partial charge in [0.15, 0.2) is 0 Å². The lowest BCUT2D eigenvalue weighted by atomic mass is 10.1. The lowest BCUT2D eigenvalue weighted by molar-refractivity contribution is 0.104. The summed E-state index contributed by atoms with van der Waals surface area (Å²) in [4.78, 5) is 15.2. The van der Waals surface area contributed by atoms with Crippen molar-refractivity contribution < 1.29 is 4.79 Å². The molecule has 1 aliphatic rings. The third-order valence-electron chi connectivity index (χ3n) is 2.97. The van der Waals surface area contributed by atoms with Crippen LogP contribution in [0.15, 0.2) is 42.2 Å². The van der Waals surface area contributed by atoms with E-state index in [1.807, 2.05) is 49.5 Å². The Morgan fingerprint density at radius 3 is 2.71 bits per heavy atom. The zero-order valence-corrected chi connectivity index (χ0v) is 9.45. The Morgan fingerprint density at radius 1 is 1.18 bits per heavy atom. The van der Waals surface area contributed by atoms with Crippen LogP contribution in [-0.4, -0.2) is 10.8 Å². The maximum atomic E-state index is 12.1. The third kappa shape index (κ3) is 1.56. The van der Waals surface area contributed by atoms with E-state index in [0.29, 0.717) is 5.70 Å². The molecule has 2 N–H and O–H groups in total. The molecule has 2 heterocycles. The molecular formula is C14H12N2O. The van der Waals surface area contributed by atoms with Gasteiger partial charge in [-0.2, -0.15) is 0 Å². The van der Waals surface area contributed by atoms with E-state index in [0.717, 1.165) is 22.5 Å². The number of hydrogen-bond acceptors (Lipinski definition) is 2. The number of allylic oxidation sites excluding steroid dienone is 1. The van der Waals surface area contributed by atoms with Gasteiger partial charge in [-0.15, -0.1) is 0 Å². The third-order valence-corrected chi connectivity index (χ3v) is 2.97. The average molecular weight is 224 g/mol. The van der Waals surface area contributed by atoms with E-state index < -0.39 is 0 Å². The molecule has 0 fully saturated rings. The fourth-order valence-corrected chi connectivity index (χ4v) is 2.00. The van der Waals surface area contributed by atoms with Crippen LogP contribution in [-0.2, 0) is 0 Å². The Hall–Kier alpha value is -2.29. The van der Waals surface area contributed by atoms with Crippen molar-refractivity contribution in [1.82, 2.24) is 4.98 Å². The monoisotopic (exact) mass is 224 g/mol.